The predicted molar refractivity (Wildman–Crippen MR) is 67.9 cm³/mol. The third kappa shape index (κ3) is 5.14. The molecule has 6 heteroatoms. The molecule has 2 N–H and O–H groups in total. The van der Waals surface area contributed by atoms with Gasteiger partial charge in [0.2, 0.25) is 0 Å². The minimum absolute atomic E-state index is 0.00612. The third-order valence-electron chi connectivity index (χ3n) is 2.34. The Morgan fingerprint density at radius 3 is 3.00 bits per heavy atom. The molecule has 0 fully saturated rings. The van der Waals surface area contributed by atoms with E-state index >= 15 is 0 Å². The molecule has 17 heavy (non-hydrogen) atoms. The molecule has 0 saturated carbocycles. The topological polar surface area (TPSA) is 65.5 Å². The third-order valence-corrected chi connectivity index (χ3v) is 2.98. The first-order chi connectivity index (χ1) is 8.27. The Bertz CT molecular complexity index is 317. The fourth-order valence-corrected chi connectivity index (χ4v) is 1.95. The SMILES string of the molecule is CCCCN(CCO)C(=O)NCc1cscn1. The number of urea groups is 1. The fraction of sp³-hybridized carbons (Fsp3) is 0.636. The van der Waals surface area contributed by atoms with Gasteiger partial charge in [0.25, 0.3) is 0 Å². The molecule has 0 aromatic carbocycles. The molecule has 0 saturated heterocycles. The first-order valence-electron chi connectivity index (χ1n) is 5.78. The summed E-state index contributed by atoms with van der Waals surface area (Å²) in [6, 6.07) is -0.138. The van der Waals surface area contributed by atoms with Gasteiger partial charge in [-0.3, -0.25) is 0 Å². The number of aliphatic hydroxyl groups excluding tert-OH is 1. The molecule has 0 radical (unpaired) electrons. The molecular weight excluding hydrogens is 238 g/mol. The number of thiazole rings is 1. The monoisotopic (exact) mass is 257 g/mol. The summed E-state index contributed by atoms with van der Waals surface area (Å²) in [5.74, 6) is 0. The van der Waals surface area contributed by atoms with Crippen molar-refractivity contribution < 1.29 is 9.90 Å². The van der Waals surface area contributed by atoms with Gasteiger partial charge in [-0.1, -0.05) is 13.3 Å². The van der Waals surface area contributed by atoms with Crippen LogP contribution in [0.25, 0.3) is 0 Å². The molecular formula is C11H19N3O2S. The second kappa shape index (κ2) is 8.03. The second-order valence-corrected chi connectivity index (χ2v) is 4.42. The zero-order chi connectivity index (χ0) is 12.5. The molecule has 1 aromatic heterocycles. The molecule has 0 bridgehead atoms. The van der Waals surface area contributed by atoms with Gasteiger partial charge >= 0.3 is 6.03 Å². The Hall–Kier alpha value is -1.14. The van der Waals surface area contributed by atoms with Crippen LogP contribution in [0.2, 0.25) is 0 Å². The minimum atomic E-state index is -0.138. The highest BCUT2D eigenvalue weighted by Gasteiger charge is 2.11. The number of amides is 2. The van der Waals surface area contributed by atoms with Crippen LogP contribution in [-0.2, 0) is 6.54 Å². The average molecular weight is 257 g/mol. The van der Waals surface area contributed by atoms with Gasteiger partial charge in [-0.25, -0.2) is 9.78 Å². The molecule has 1 rings (SSSR count). The molecule has 1 heterocycles. The van der Waals surface area contributed by atoms with Crippen molar-refractivity contribution in [2.24, 2.45) is 0 Å². The number of carbonyl (C=O) groups is 1. The summed E-state index contributed by atoms with van der Waals surface area (Å²) in [4.78, 5) is 17.5. The van der Waals surface area contributed by atoms with E-state index < -0.39 is 0 Å². The van der Waals surface area contributed by atoms with E-state index in [2.05, 4.69) is 17.2 Å². The van der Waals surface area contributed by atoms with Gasteiger partial charge in [0.1, 0.15) is 0 Å². The molecule has 0 atom stereocenters. The van der Waals surface area contributed by atoms with E-state index in [1.807, 2.05) is 5.38 Å². The van der Waals surface area contributed by atoms with E-state index in [9.17, 15) is 4.79 Å². The second-order valence-electron chi connectivity index (χ2n) is 3.70. The Morgan fingerprint density at radius 1 is 1.59 bits per heavy atom. The summed E-state index contributed by atoms with van der Waals surface area (Å²) < 4.78 is 0. The van der Waals surface area contributed by atoms with Crippen LogP contribution in [0.4, 0.5) is 4.79 Å². The number of nitrogens with zero attached hydrogens (tertiary/aromatic N) is 2. The standard InChI is InChI=1S/C11H19N3O2S/c1-2-3-4-14(5-6-15)11(16)12-7-10-8-17-9-13-10/h8-9,15H,2-7H2,1H3,(H,12,16). The van der Waals surface area contributed by atoms with Crippen molar-refractivity contribution >= 4 is 17.4 Å². The highest BCUT2D eigenvalue weighted by molar-refractivity contribution is 7.07. The van der Waals surface area contributed by atoms with E-state index in [1.165, 1.54) is 11.3 Å². The van der Waals surface area contributed by atoms with E-state index in [4.69, 9.17) is 5.11 Å². The van der Waals surface area contributed by atoms with Crippen molar-refractivity contribution in [2.45, 2.75) is 26.3 Å². The van der Waals surface area contributed by atoms with Crippen molar-refractivity contribution in [3.05, 3.63) is 16.6 Å². The lowest BCUT2D eigenvalue weighted by Gasteiger charge is -2.21. The maximum atomic E-state index is 11.8. The number of hydrogen-bond acceptors (Lipinski definition) is 4. The van der Waals surface area contributed by atoms with Crippen LogP contribution < -0.4 is 5.32 Å². The van der Waals surface area contributed by atoms with Crippen molar-refractivity contribution in [1.29, 1.82) is 0 Å². The van der Waals surface area contributed by atoms with Gasteiger partial charge in [-0.05, 0) is 6.42 Å². The fourth-order valence-electron chi connectivity index (χ4n) is 1.39. The number of hydrogen-bond donors (Lipinski definition) is 2. The van der Waals surface area contributed by atoms with Crippen LogP contribution in [0, 0.1) is 0 Å². The number of nitrogens with one attached hydrogen (secondary N) is 1. The van der Waals surface area contributed by atoms with Crippen LogP contribution in [0.1, 0.15) is 25.5 Å². The Balaban J connectivity index is 2.35. The zero-order valence-electron chi connectivity index (χ0n) is 10.1. The van der Waals surface area contributed by atoms with Crippen molar-refractivity contribution in [3.8, 4) is 0 Å². The van der Waals surface area contributed by atoms with Crippen LogP contribution in [0.3, 0.4) is 0 Å². The number of aliphatic hydroxyl groups is 1. The summed E-state index contributed by atoms with van der Waals surface area (Å²) in [7, 11) is 0. The number of aromatic nitrogens is 1. The first-order valence-corrected chi connectivity index (χ1v) is 6.73. The molecule has 0 aliphatic rings. The average Bonchev–Trinajstić information content (AvgIpc) is 2.84. The molecule has 1 aromatic rings. The van der Waals surface area contributed by atoms with E-state index in [1.54, 1.807) is 10.4 Å². The predicted octanol–water partition coefficient (Wildman–Crippen LogP) is 1.45. The van der Waals surface area contributed by atoms with Crippen LogP contribution in [-0.4, -0.2) is 40.7 Å². The largest absolute Gasteiger partial charge is 0.395 e. The van der Waals surface area contributed by atoms with Crippen molar-refractivity contribution in [1.82, 2.24) is 15.2 Å². The normalized spacial score (nSPS) is 10.2. The Labute approximate surface area is 105 Å². The van der Waals surface area contributed by atoms with Gasteiger partial charge in [-0.2, -0.15) is 0 Å². The van der Waals surface area contributed by atoms with E-state index in [0.29, 0.717) is 19.6 Å². The smallest absolute Gasteiger partial charge is 0.317 e. The summed E-state index contributed by atoms with van der Waals surface area (Å²) in [5, 5.41) is 13.6. The minimum Gasteiger partial charge on any atom is -0.395 e. The van der Waals surface area contributed by atoms with Crippen LogP contribution in [0.15, 0.2) is 10.9 Å². The first kappa shape index (κ1) is 13.9. The summed E-state index contributed by atoms with van der Waals surface area (Å²) in [5.41, 5.74) is 2.60. The quantitative estimate of drug-likeness (QED) is 0.777. The number of carbonyl (C=O) groups excluding carboxylic acids is 1. The van der Waals surface area contributed by atoms with Crippen molar-refractivity contribution in [2.75, 3.05) is 19.7 Å². The molecule has 96 valence electrons. The number of unbranched alkanes of at least 4 members (excludes halogenated alkanes) is 1. The van der Waals surface area contributed by atoms with Gasteiger partial charge in [-0.15, -0.1) is 11.3 Å². The van der Waals surface area contributed by atoms with Crippen molar-refractivity contribution in [3.63, 3.8) is 0 Å². The van der Waals surface area contributed by atoms with Gasteiger partial charge in [0.15, 0.2) is 0 Å². The highest BCUT2D eigenvalue weighted by atomic mass is 32.1. The summed E-state index contributed by atoms with van der Waals surface area (Å²) in [6.45, 7) is 3.57. The van der Waals surface area contributed by atoms with Gasteiger partial charge in [0, 0.05) is 18.5 Å². The summed E-state index contributed by atoms with van der Waals surface area (Å²) >= 11 is 1.51. The lowest BCUT2D eigenvalue weighted by atomic mass is 10.3. The van der Waals surface area contributed by atoms with Gasteiger partial charge < -0.3 is 15.3 Å². The molecule has 2 amide bonds. The molecule has 0 unspecified atom stereocenters. The molecule has 0 spiro atoms. The van der Waals surface area contributed by atoms with Gasteiger partial charge in [0.05, 0.1) is 24.4 Å². The lowest BCUT2D eigenvalue weighted by molar-refractivity contribution is 0.176. The maximum absolute atomic E-state index is 11.8. The maximum Gasteiger partial charge on any atom is 0.317 e. The Kier molecular flexibility index (Phi) is 6.57. The van der Waals surface area contributed by atoms with E-state index in [0.717, 1.165) is 18.5 Å². The molecule has 5 nitrogen and oxygen atoms in total. The summed E-state index contributed by atoms with van der Waals surface area (Å²) in [6.07, 6.45) is 1.98. The van der Waals surface area contributed by atoms with Crippen LogP contribution in [0.5, 0.6) is 0 Å². The van der Waals surface area contributed by atoms with Crippen LogP contribution >= 0.6 is 11.3 Å². The Morgan fingerprint density at radius 2 is 2.41 bits per heavy atom. The zero-order valence-corrected chi connectivity index (χ0v) is 10.9. The molecule has 0 aliphatic carbocycles. The highest BCUT2D eigenvalue weighted by Crippen LogP contribution is 2.01. The number of rotatable bonds is 7. The molecule has 0 aliphatic heterocycles. The lowest BCUT2D eigenvalue weighted by Crippen LogP contribution is -2.41. The van der Waals surface area contributed by atoms with E-state index in [-0.39, 0.29) is 12.6 Å².